The molecule has 26 heavy (non-hydrogen) atoms. The zero-order chi connectivity index (χ0) is 19.1. The first-order chi connectivity index (χ1) is 12.6. The Balaban J connectivity index is 2.70. The number of esters is 2. The van der Waals surface area contributed by atoms with Crippen LogP contribution < -0.4 is 9.47 Å². The third kappa shape index (κ3) is 3.82. The zero-order valence-corrected chi connectivity index (χ0v) is 15.4. The van der Waals surface area contributed by atoms with Gasteiger partial charge in [-0.05, 0) is 19.4 Å². The van der Waals surface area contributed by atoms with Crippen molar-refractivity contribution in [3.8, 4) is 11.5 Å². The van der Waals surface area contributed by atoms with Crippen molar-refractivity contribution in [3.63, 3.8) is 0 Å². The van der Waals surface area contributed by atoms with Gasteiger partial charge >= 0.3 is 11.9 Å². The van der Waals surface area contributed by atoms with Gasteiger partial charge in [-0.3, -0.25) is 0 Å². The van der Waals surface area contributed by atoms with E-state index in [1.54, 1.807) is 13.8 Å². The number of carbonyl (C=O) groups excluding carboxylic acids is 2. The topological polar surface area (TPSA) is 76.0 Å². The highest BCUT2D eigenvalue weighted by Gasteiger charge is 2.34. The van der Waals surface area contributed by atoms with E-state index in [2.05, 4.69) is 0 Å². The number of methoxy groups -OCH3 is 2. The molecular weight excluding hydrogens is 338 g/mol. The van der Waals surface area contributed by atoms with Crippen molar-refractivity contribution >= 4 is 11.9 Å². The second-order valence-corrected chi connectivity index (χ2v) is 5.28. The number of aromatic nitrogens is 1. The number of rotatable bonds is 8. The molecule has 0 aliphatic carbocycles. The Hall–Kier alpha value is -2.96. The summed E-state index contributed by atoms with van der Waals surface area (Å²) in [5.41, 5.74) is 1.11. The molecule has 0 spiro atoms. The molecule has 1 heterocycles. The Kier molecular flexibility index (Phi) is 6.66. The van der Waals surface area contributed by atoms with Crippen LogP contribution in [-0.4, -0.2) is 43.9 Å². The van der Waals surface area contributed by atoms with Gasteiger partial charge in [0.25, 0.3) is 0 Å². The average molecular weight is 361 g/mol. The van der Waals surface area contributed by atoms with Crippen molar-refractivity contribution in [2.75, 3.05) is 27.4 Å². The van der Waals surface area contributed by atoms with E-state index in [1.807, 2.05) is 30.3 Å². The first-order valence-electron chi connectivity index (χ1n) is 8.31. The van der Waals surface area contributed by atoms with Crippen molar-refractivity contribution in [1.29, 1.82) is 0 Å². The van der Waals surface area contributed by atoms with E-state index < -0.39 is 11.9 Å². The molecule has 0 atom stereocenters. The molecule has 7 heteroatoms. The van der Waals surface area contributed by atoms with E-state index >= 15 is 0 Å². The predicted octanol–water partition coefficient (Wildman–Crippen LogP) is 2.91. The van der Waals surface area contributed by atoms with E-state index in [4.69, 9.17) is 18.9 Å². The van der Waals surface area contributed by atoms with E-state index in [0.29, 0.717) is 0 Å². The van der Waals surface area contributed by atoms with Crippen LogP contribution in [0.2, 0.25) is 0 Å². The van der Waals surface area contributed by atoms with Crippen LogP contribution in [0.1, 0.15) is 40.4 Å². The standard InChI is InChI=1S/C19H23NO6/c1-5-25-18(21)14-16(23-3)17(24-4)15(19(22)26-6-2)20(14)12-13-10-8-7-9-11-13/h7-11H,5-6,12H2,1-4H3. The zero-order valence-electron chi connectivity index (χ0n) is 15.4. The second kappa shape index (κ2) is 8.94. The minimum Gasteiger partial charge on any atom is -0.491 e. The summed E-state index contributed by atoms with van der Waals surface area (Å²) in [5.74, 6) is -0.918. The Labute approximate surface area is 152 Å². The number of benzene rings is 1. The van der Waals surface area contributed by atoms with Crippen LogP contribution in [0, 0.1) is 0 Å². The van der Waals surface area contributed by atoms with Crippen molar-refractivity contribution < 1.29 is 28.5 Å². The van der Waals surface area contributed by atoms with Crippen molar-refractivity contribution in [3.05, 3.63) is 47.3 Å². The number of nitrogens with zero attached hydrogens (tertiary/aromatic N) is 1. The molecule has 0 bridgehead atoms. The molecule has 0 fully saturated rings. The number of hydrogen-bond acceptors (Lipinski definition) is 6. The summed E-state index contributed by atoms with van der Waals surface area (Å²) in [6, 6.07) is 9.42. The maximum absolute atomic E-state index is 12.6. The van der Waals surface area contributed by atoms with Crippen LogP contribution in [0.15, 0.2) is 30.3 Å². The van der Waals surface area contributed by atoms with Crippen LogP contribution in [0.4, 0.5) is 0 Å². The van der Waals surface area contributed by atoms with Gasteiger partial charge < -0.3 is 23.5 Å². The summed E-state index contributed by atoms with van der Waals surface area (Å²) in [6.07, 6.45) is 0. The Morgan fingerprint density at radius 3 is 1.69 bits per heavy atom. The molecule has 140 valence electrons. The fraction of sp³-hybridized carbons (Fsp3) is 0.368. The number of carbonyl (C=O) groups is 2. The molecule has 1 aromatic carbocycles. The predicted molar refractivity (Wildman–Crippen MR) is 95.0 cm³/mol. The Morgan fingerprint density at radius 2 is 1.31 bits per heavy atom. The van der Waals surface area contributed by atoms with E-state index in [1.165, 1.54) is 18.8 Å². The fourth-order valence-corrected chi connectivity index (χ4v) is 2.68. The monoisotopic (exact) mass is 361 g/mol. The van der Waals surface area contributed by atoms with Gasteiger partial charge in [0, 0.05) is 6.54 Å². The summed E-state index contributed by atoms with van der Waals surface area (Å²) in [6.45, 7) is 4.05. The first kappa shape index (κ1) is 19.4. The van der Waals surface area contributed by atoms with Crippen LogP contribution in [0.25, 0.3) is 0 Å². The van der Waals surface area contributed by atoms with Gasteiger partial charge in [-0.25, -0.2) is 9.59 Å². The normalized spacial score (nSPS) is 10.3. The van der Waals surface area contributed by atoms with Crippen molar-refractivity contribution in [2.24, 2.45) is 0 Å². The van der Waals surface area contributed by atoms with Crippen LogP contribution in [0.3, 0.4) is 0 Å². The molecule has 0 saturated heterocycles. The summed E-state index contributed by atoms with van der Waals surface area (Å²) < 4.78 is 22.6. The molecule has 2 rings (SSSR count). The molecule has 0 N–H and O–H groups in total. The highest BCUT2D eigenvalue weighted by Crippen LogP contribution is 2.39. The quantitative estimate of drug-likeness (QED) is 0.673. The van der Waals surface area contributed by atoms with Gasteiger partial charge in [-0.1, -0.05) is 30.3 Å². The SMILES string of the molecule is CCOC(=O)c1c(OC)c(OC)c(C(=O)OCC)n1Cc1ccccc1. The second-order valence-electron chi connectivity index (χ2n) is 5.28. The lowest BCUT2D eigenvalue weighted by atomic mass is 10.2. The average Bonchev–Trinajstić information content (AvgIpc) is 2.96. The van der Waals surface area contributed by atoms with Crippen molar-refractivity contribution in [1.82, 2.24) is 4.57 Å². The van der Waals surface area contributed by atoms with Crippen LogP contribution >= 0.6 is 0 Å². The van der Waals surface area contributed by atoms with Gasteiger partial charge in [-0.2, -0.15) is 0 Å². The van der Waals surface area contributed by atoms with Gasteiger partial charge in [0.05, 0.1) is 27.4 Å². The summed E-state index contributed by atoms with van der Waals surface area (Å²) in [7, 11) is 2.81. The Morgan fingerprint density at radius 1 is 0.846 bits per heavy atom. The molecule has 2 aromatic rings. The minimum absolute atomic E-state index is 0.109. The molecule has 0 saturated carbocycles. The molecule has 0 radical (unpaired) electrons. The summed E-state index contributed by atoms with van der Waals surface area (Å²) >= 11 is 0. The lowest BCUT2D eigenvalue weighted by Gasteiger charge is -2.12. The third-order valence-corrected chi connectivity index (χ3v) is 3.71. The maximum atomic E-state index is 12.6. The Bertz CT molecular complexity index is 723. The number of ether oxygens (including phenoxy) is 4. The smallest absolute Gasteiger partial charge is 0.359 e. The maximum Gasteiger partial charge on any atom is 0.359 e. The number of hydrogen-bond donors (Lipinski definition) is 0. The van der Waals surface area contributed by atoms with Gasteiger partial charge in [-0.15, -0.1) is 0 Å². The van der Waals surface area contributed by atoms with E-state index in [-0.39, 0.29) is 42.6 Å². The minimum atomic E-state index is -0.603. The lowest BCUT2D eigenvalue weighted by Crippen LogP contribution is -2.19. The molecule has 0 unspecified atom stereocenters. The molecular formula is C19H23NO6. The highest BCUT2D eigenvalue weighted by molar-refractivity contribution is 5.99. The first-order valence-corrected chi connectivity index (χ1v) is 8.31. The van der Waals surface area contributed by atoms with Crippen LogP contribution in [0.5, 0.6) is 11.5 Å². The molecule has 0 aliphatic heterocycles. The van der Waals surface area contributed by atoms with Crippen LogP contribution in [-0.2, 0) is 16.0 Å². The summed E-state index contributed by atoms with van der Waals surface area (Å²) in [5, 5.41) is 0. The van der Waals surface area contributed by atoms with Crippen molar-refractivity contribution in [2.45, 2.75) is 20.4 Å². The summed E-state index contributed by atoms with van der Waals surface area (Å²) in [4.78, 5) is 25.1. The fourth-order valence-electron chi connectivity index (χ4n) is 2.68. The van der Waals surface area contributed by atoms with E-state index in [9.17, 15) is 9.59 Å². The highest BCUT2D eigenvalue weighted by atomic mass is 16.5. The third-order valence-electron chi connectivity index (χ3n) is 3.71. The van der Waals surface area contributed by atoms with E-state index in [0.717, 1.165) is 5.56 Å². The van der Waals surface area contributed by atoms with Gasteiger partial charge in [0.15, 0.2) is 22.9 Å². The van der Waals surface area contributed by atoms with Gasteiger partial charge in [0.2, 0.25) is 0 Å². The molecule has 1 aromatic heterocycles. The molecule has 7 nitrogen and oxygen atoms in total. The largest absolute Gasteiger partial charge is 0.491 e. The molecule has 0 aliphatic rings. The molecule has 0 amide bonds. The van der Waals surface area contributed by atoms with Gasteiger partial charge in [0.1, 0.15) is 0 Å². The lowest BCUT2D eigenvalue weighted by molar-refractivity contribution is 0.0502.